The van der Waals surface area contributed by atoms with E-state index in [0.29, 0.717) is 6.29 Å². The normalized spacial score (nSPS) is 10.2. The zero-order valence-corrected chi connectivity index (χ0v) is 10.2. The number of hydrogen-bond donors (Lipinski definition) is 0. The Morgan fingerprint density at radius 3 is 2.42 bits per heavy atom. The highest BCUT2D eigenvalue weighted by Gasteiger charge is 2.18. The molecule has 0 heterocycles. The molecule has 0 aromatic heterocycles. The summed E-state index contributed by atoms with van der Waals surface area (Å²) in [5, 5.41) is 11.2. The van der Waals surface area contributed by atoms with Crippen molar-refractivity contribution in [3.8, 4) is 11.1 Å². The minimum Gasteiger partial charge on any atom is -0.298 e. The number of aldehydes is 1. The lowest BCUT2D eigenvalue weighted by atomic mass is 10.0. The molecule has 0 N–H and O–H groups in total. The van der Waals surface area contributed by atoms with Crippen molar-refractivity contribution in [1.29, 1.82) is 0 Å². The monoisotopic (exact) mass is 279 g/mol. The predicted octanol–water partition coefficient (Wildman–Crippen LogP) is 3.87. The minimum absolute atomic E-state index is 0.0635. The van der Waals surface area contributed by atoms with Crippen LogP contribution in [0, 0.1) is 15.9 Å². The van der Waals surface area contributed by atoms with E-state index in [2.05, 4.69) is 0 Å². The molecule has 0 spiro atoms. The Morgan fingerprint density at radius 1 is 1.16 bits per heavy atom. The third-order valence-corrected chi connectivity index (χ3v) is 2.81. The number of halogens is 2. The van der Waals surface area contributed by atoms with Crippen LogP contribution in [-0.2, 0) is 0 Å². The van der Waals surface area contributed by atoms with Gasteiger partial charge in [-0.2, -0.15) is 0 Å². The highest BCUT2D eigenvalue weighted by atomic mass is 35.5. The van der Waals surface area contributed by atoms with Gasteiger partial charge in [-0.1, -0.05) is 17.7 Å². The van der Waals surface area contributed by atoms with Gasteiger partial charge in [0.15, 0.2) is 0 Å². The number of nitrogens with zero attached hydrogens (tertiary/aromatic N) is 1. The van der Waals surface area contributed by atoms with E-state index >= 15 is 0 Å². The first-order valence-corrected chi connectivity index (χ1v) is 5.60. The Kier molecular flexibility index (Phi) is 3.57. The molecule has 0 saturated carbocycles. The lowest BCUT2D eigenvalue weighted by Crippen LogP contribution is -1.95. The van der Waals surface area contributed by atoms with E-state index < -0.39 is 10.7 Å². The molecule has 0 radical (unpaired) electrons. The molecule has 0 fully saturated rings. The highest BCUT2D eigenvalue weighted by molar-refractivity contribution is 6.30. The van der Waals surface area contributed by atoms with Gasteiger partial charge in [0.1, 0.15) is 12.1 Å². The van der Waals surface area contributed by atoms with Crippen LogP contribution in [0.2, 0.25) is 5.02 Å². The molecule has 0 aliphatic carbocycles. The van der Waals surface area contributed by atoms with Crippen molar-refractivity contribution in [1.82, 2.24) is 0 Å². The fraction of sp³-hybridized carbons (Fsp3) is 0. The van der Waals surface area contributed by atoms with E-state index in [1.54, 1.807) is 0 Å². The average Bonchev–Trinajstić information content (AvgIpc) is 2.38. The molecule has 0 bridgehead atoms. The summed E-state index contributed by atoms with van der Waals surface area (Å²) >= 11 is 5.63. The molecule has 0 atom stereocenters. The maximum atomic E-state index is 13.8. The summed E-state index contributed by atoms with van der Waals surface area (Å²) in [5.74, 6) is -0.658. The van der Waals surface area contributed by atoms with Gasteiger partial charge in [-0.3, -0.25) is 14.9 Å². The van der Waals surface area contributed by atoms with Crippen molar-refractivity contribution in [2.24, 2.45) is 0 Å². The van der Waals surface area contributed by atoms with E-state index in [0.717, 1.165) is 12.1 Å². The number of nitro groups is 1. The molecule has 96 valence electrons. The molecule has 2 aromatic carbocycles. The van der Waals surface area contributed by atoms with Gasteiger partial charge in [0.25, 0.3) is 5.69 Å². The molecule has 0 unspecified atom stereocenters. The number of nitro benzene ring substituents is 1. The number of rotatable bonds is 3. The van der Waals surface area contributed by atoms with Gasteiger partial charge >= 0.3 is 0 Å². The summed E-state index contributed by atoms with van der Waals surface area (Å²) in [4.78, 5) is 21.0. The van der Waals surface area contributed by atoms with E-state index in [1.807, 2.05) is 0 Å². The first-order valence-electron chi connectivity index (χ1n) is 5.22. The quantitative estimate of drug-likeness (QED) is 0.487. The SMILES string of the molecule is O=Cc1ccc(-c2ccc(Cl)cc2F)c([N+](=O)[O-])c1. The second-order valence-electron chi connectivity index (χ2n) is 3.78. The van der Waals surface area contributed by atoms with Gasteiger partial charge in [0.2, 0.25) is 0 Å². The highest BCUT2D eigenvalue weighted by Crippen LogP contribution is 2.33. The zero-order chi connectivity index (χ0) is 14.0. The fourth-order valence-corrected chi connectivity index (χ4v) is 1.87. The summed E-state index contributed by atoms with van der Waals surface area (Å²) < 4.78 is 13.8. The summed E-state index contributed by atoms with van der Waals surface area (Å²) in [6, 6.07) is 7.72. The van der Waals surface area contributed by atoms with Crippen molar-refractivity contribution < 1.29 is 14.1 Å². The summed E-state index contributed by atoms with van der Waals surface area (Å²) in [6.07, 6.45) is 0.495. The Balaban J connectivity index is 2.67. The summed E-state index contributed by atoms with van der Waals surface area (Å²) in [6.45, 7) is 0. The van der Waals surface area contributed by atoms with Crippen LogP contribution in [0.25, 0.3) is 11.1 Å². The van der Waals surface area contributed by atoms with Crippen LogP contribution in [0.15, 0.2) is 36.4 Å². The standard InChI is InChI=1S/C13H7ClFNO3/c14-9-2-4-10(12(15)6-9)11-3-1-8(7-17)5-13(11)16(18)19/h1-7H. The van der Waals surface area contributed by atoms with E-state index in [9.17, 15) is 19.3 Å². The summed E-state index contributed by atoms with van der Waals surface area (Å²) in [7, 11) is 0. The van der Waals surface area contributed by atoms with Gasteiger partial charge in [0, 0.05) is 22.2 Å². The van der Waals surface area contributed by atoms with Gasteiger partial charge in [-0.05, 0) is 24.3 Å². The Hall–Kier alpha value is -2.27. The molecular formula is C13H7ClFNO3. The molecule has 0 saturated heterocycles. The van der Waals surface area contributed by atoms with Crippen molar-refractivity contribution in [3.63, 3.8) is 0 Å². The molecule has 0 amide bonds. The van der Waals surface area contributed by atoms with E-state index in [4.69, 9.17) is 11.6 Å². The van der Waals surface area contributed by atoms with Crippen LogP contribution in [0.4, 0.5) is 10.1 Å². The third kappa shape index (κ3) is 2.61. The van der Waals surface area contributed by atoms with Crippen LogP contribution in [0.5, 0.6) is 0 Å². The molecule has 2 aromatic rings. The average molecular weight is 280 g/mol. The van der Waals surface area contributed by atoms with Gasteiger partial charge in [0.05, 0.1) is 10.5 Å². The van der Waals surface area contributed by atoms with Gasteiger partial charge in [-0.25, -0.2) is 4.39 Å². The lowest BCUT2D eigenvalue weighted by Gasteiger charge is -2.05. The van der Waals surface area contributed by atoms with Crippen molar-refractivity contribution in [2.45, 2.75) is 0 Å². The maximum absolute atomic E-state index is 13.8. The first kappa shape index (κ1) is 13.2. The molecule has 19 heavy (non-hydrogen) atoms. The van der Waals surface area contributed by atoms with Crippen LogP contribution < -0.4 is 0 Å². The molecule has 0 aliphatic heterocycles. The smallest absolute Gasteiger partial charge is 0.278 e. The van der Waals surface area contributed by atoms with Crippen molar-refractivity contribution in [3.05, 3.63) is 62.9 Å². The number of carbonyl (C=O) groups excluding carboxylic acids is 1. The van der Waals surface area contributed by atoms with E-state index in [1.165, 1.54) is 24.3 Å². The molecule has 0 aliphatic rings. The van der Waals surface area contributed by atoms with Gasteiger partial charge in [-0.15, -0.1) is 0 Å². The largest absolute Gasteiger partial charge is 0.298 e. The van der Waals surface area contributed by atoms with Crippen LogP contribution >= 0.6 is 11.6 Å². The Bertz CT molecular complexity index is 673. The van der Waals surface area contributed by atoms with Crippen molar-refractivity contribution in [2.75, 3.05) is 0 Å². The molecule has 2 rings (SSSR count). The fourth-order valence-electron chi connectivity index (χ4n) is 1.71. The van der Waals surface area contributed by atoms with Gasteiger partial charge < -0.3 is 0 Å². The summed E-state index contributed by atoms with van der Waals surface area (Å²) in [5.41, 5.74) is -0.00559. The number of carbonyl (C=O) groups is 1. The molecule has 4 nitrogen and oxygen atoms in total. The third-order valence-electron chi connectivity index (χ3n) is 2.58. The minimum atomic E-state index is -0.658. The van der Waals surface area contributed by atoms with Crippen LogP contribution in [0.3, 0.4) is 0 Å². The number of benzene rings is 2. The topological polar surface area (TPSA) is 60.2 Å². The second kappa shape index (κ2) is 5.16. The zero-order valence-electron chi connectivity index (χ0n) is 9.47. The molecular weight excluding hydrogens is 273 g/mol. The predicted molar refractivity (Wildman–Crippen MR) is 68.9 cm³/mol. The van der Waals surface area contributed by atoms with E-state index in [-0.39, 0.29) is 27.4 Å². The lowest BCUT2D eigenvalue weighted by molar-refractivity contribution is -0.384. The number of hydrogen-bond acceptors (Lipinski definition) is 3. The van der Waals surface area contributed by atoms with Crippen LogP contribution in [-0.4, -0.2) is 11.2 Å². The second-order valence-corrected chi connectivity index (χ2v) is 4.21. The first-order chi connectivity index (χ1) is 9.02. The Morgan fingerprint density at radius 2 is 1.84 bits per heavy atom. The maximum Gasteiger partial charge on any atom is 0.278 e. The van der Waals surface area contributed by atoms with Crippen LogP contribution in [0.1, 0.15) is 10.4 Å². The Labute approximate surface area is 112 Å². The van der Waals surface area contributed by atoms with Crippen molar-refractivity contribution >= 4 is 23.6 Å². The molecule has 6 heteroatoms.